The maximum absolute atomic E-state index is 14.0. The summed E-state index contributed by atoms with van der Waals surface area (Å²) in [6.07, 6.45) is 0. The van der Waals surface area contributed by atoms with Crippen molar-refractivity contribution in [1.82, 2.24) is 9.78 Å². The summed E-state index contributed by atoms with van der Waals surface area (Å²) in [7, 11) is 1.24. The molecule has 0 spiro atoms. The number of aromatic nitrogens is 2. The highest BCUT2D eigenvalue weighted by Crippen LogP contribution is 2.31. The number of carbonyl (C=O) groups is 1. The monoisotopic (exact) mass is 358 g/mol. The fourth-order valence-electron chi connectivity index (χ4n) is 1.97. The van der Waals surface area contributed by atoms with E-state index in [1.54, 1.807) is 0 Å². The highest BCUT2D eigenvalue weighted by atomic mass is 79.9. The summed E-state index contributed by atoms with van der Waals surface area (Å²) in [5, 5.41) is 4.10. The molecule has 0 aliphatic carbocycles. The fourth-order valence-corrected chi connectivity index (χ4v) is 2.84. The van der Waals surface area contributed by atoms with Gasteiger partial charge in [0.1, 0.15) is 11.5 Å². The van der Waals surface area contributed by atoms with Crippen LogP contribution in [0.4, 0.5) is 8.78 Å². The minimum absolute atomic E-state index is 0.0462. The Bertz CT molecular complexity index is 699. The Kier molecular flexibility index (Phi) is 4.41. The molecule has 4 nitrogen and oxygen atoms in total. The van der Waals surface area contributed by atoms with Crippen LogP contribution in [0.15, 0.2) is 22.7 Å². The van der Waals surface area contributed by atoms with Crippen molar-refractivity contribution < 1.29 is 18.3 Å². The molecule has 1 aromatic heterocycles. The van der Waals surface area contributed by atoms with Gasteiger partial charge >= 0.3 is 5.97 Å². The van der Waals surface area contributed by atoms with Gasteiger partial charge in [-0.05, 0) is 34.0 Å². The first-order valence-corrected chi connectivity index (χ1v) is 6.98. The van der Waals surface area contributed by atoms with Crippen molar-refractivity contribution in [3.63, 3.8) is 0 Å². The van der Waals surface area contributed by atoms with Gasteiger partial charge in [0.15, 0.2) is 11.5 Å². The van der Waals surface area contributed by atoms with Crippen molar-refractivity contribution >= 4 is 21.9 Å². The zero-order valence-electron chi connectivity index (χ0n) is 11.7. The number of benzene rings is 1. The standard InChI is InChI=1S/C14H13BrF2N2O2/c1-7(2)13-11(15)12(14(20)21-3)18-19(13)10-5-4-8(16)6-9(10)17/h4-7H,1-3H3. The molecule has 0 aliphatic rings. The van der Waals surface area contributed by atoms with E-state index in [1.165, 1.54) is 17.9 Å². The molecule has 1 heterocycles. The van der Waals surface area contributed by atoms with Crippen molar-refractivity contribution in [1.29, 1.82) is 0 Å². The third kappa shape index (κ3) is 2.83. The molecule has 7 heteroatoms. The molecule has 0 radical (unpaired) electrons. The number of esters is 1. The first-order chi connectivity index (χ1) is 9.86. The lowest BCUT2D eigenvalue weighted by Gasteiger charge is -2.11. The lowest BCUT2D eigenvalue weighted by molar-refractivity contribution is 0.0592. The number of hydrogen-bond donors (Lipinski definition) is 0. The zero-order chi connectivity index (χ0) is 15.7. The molecule has 0 saturated heterocycles. The van der Waals surface area contributed by atoms with E-state index in [2.05, 4.69) is 25.8 Å². The first kappa shape index (κ1) is 15.6. The third-order valence-corrected chi connectivity index (χ3v) is 3.71. The Morgan fingerprint density at radius 2 is 2.05 bits per heavy atom. The van der Waals surface area contributed by atoms with Crippen molar-refractivity contribution in [3.05, 3.63) is 45.7 Å². The van der Waals surface area contributed by atoms with Gasteiger partial charge in [-0.2, -0.15) is 5.10 Å². The second kappa shape index (κ2) is 5.93. The van der Waals surface area contributed by atoms with Crippen molar-refractivity contribution in [2.45, 2.75) is 19.8 Å². The van der Waals surface area contributed by atoms with Crippen LogP contribution in [0.2, 0.25) is 0 Å². The van der Waals surface area contributed by atoms with Gasteiger partial charge in [-0.1, -0.05) is 13.8 Å². The summed E-state index contributed by atoms with van der Waals surface area (Å²) in [5.74, 6) is -2.12. The van der Waals surface area contributed by atoms with Crippen LogP contribution in [0, 0.1) is 11.6 Å². The van der Waals surface area contributed by atoms with Crippen LogP contribution in [0.5, 0.6) is 0 Å². The summed E-state index contributed by atoms with van der Waals surface area (Å²) >= 11 is 3.30. The normalized spacial score (nSPS) is 11.0. The smallest absolute Gasteiger partial charge is 0.359 e. The molecule has 2 rings (SSSR count). The molecule has 0 unspecified atom stereocenters. The second-order valence-electron chi connectivity index (χ2n) is 4.70. The lowest BCUT2D eigenvalue weighted by Crippen LogP contribution is -2.07. The van der Waals surface area contributed by atoms with Gasteiger partial charge in [-0.15, -0.1) is 0 Å². The minimum atomic E-state index is -0.761. The van der Waals surface area contributed by atoms with Gasteiger partial charge in [-0.25, -0.2) is 18.3 Å². The van der Waals surface area contributed by atoms with E-state index in [1.807, 2.05) is 13.8 Å². The van der Waals surface area contributed by atoms with Gasteiger partial charge in [0, 0.05) is 6.07 Å². The molecule has 112 valence electrons. The summed E-state index contributed by atoms with van der Waals surface area (Å²) in [4.78, 5) is 11.7. The molecule has 1 aromatic carbocycles. The highest BCUT2D eigenvalue weighted by molar-refractivity contribution is 9.10. The molecular weight excluding hydrogens is 346 g/mol. The van der Waals surface area contributed by atoms with E-state index in [-0.39, 0.29) is 17.3 Å². The molecule has 2 aromatic rings. The predicted octanol–water partition coefficient (Wildman–Crippen LogP) is 3.82. The van der Waals surface area contributed by atoms with Gasteiger partial charge in [0.2, 0.25) is 0 Å². The van der Waals surface area contributed by atoms with Gasteiger partial charge < -0.3 is 4.74 Å². The van der Waals surface area contributed by atoms with Crippen LogP contribution < -0.4 is 0 Å². The Balaban J connectivity index is 2.70. The van der Waals surface area contributed by atoms with Crippen molar-refractivity contribution in [2.75, 3.05) is 7.11 Å². The number of rotatable bonds is 3. The molecule has 0 N–H and O–H groups in total. The zero-order valence-corrected chi connectivity index (χ0v) is 13.2. The van der Waals surface area contributed by atoms with E-state index in [0.29, 0.717) is 10.2 Å². The molecule has 0 amide bonds. The van der Waals surface area contributed by atoms with E-state index < -0.39 is 17.6 Å². The van der Waals surface area contributed by atoms with E-state index in [0.717, 1.165) is 12.1 Å². The lowest BCUT2D eigenvalue weighted by atomic mass is 10.1. The fraction of sp³-hybridized carbons (Fsp3) is 0.286. The summed E-state index contributed by atoms with van der Waals surface area (Å²) in [5.41, 5.74) is 0.710. The van der Waals surface area contributed by atoms with Crippen LogP contribution in [-0.2, 0) is 4.74 Å². The Morgan fingerprint density at radius 1 is 1.38 bits per heavy atom. The number of nitrogens with zero attached hydrogens (tertiary/aromatic N) is 2. The molecule has 0 fully saturated rings. The number of halogens is 3. The molecule has 0 aliphatic heterocycles. The van der Waals surface area contributed by atoms with Crippen LogP contribution in [-0.4, -0.2) is 22.9 Å². The molecule has 0 atom stereocenters. The largest absolute Gasteiger partial charge is 0.464 e. The molecule has 0 saturated carbocycles. The summed E-state index contributed by atoms with van der Waals surface area (Å²) < 4.78 is 33.4. The Morgan fingerprint density at radius 3 is 2.57 bits per heavy atom. The Labute approximate surface area is 128 Å². The number of ether oxygens (including phenoxy) is 1. The third-order valence-electron chi connectivity index (χ3n) is 2.92. The van der Waals surface area contributed by atoms with Crippen LogP contribution in [0.25, 0.3) is 5.69 Å². The topological polar surface area (TPSA) is 44.1 Å². The van der Waals surface area contributed by atoms with E-state index in [4.69, 9.17) is 0 Å². The highest BCUT2D eigenvalue weighted by Gasteiger charge is 2.25. The van der Waals surface area contributed by atoms with Crippen LogP contribution >= 0.6 is 15.9 Å². The molecule has 21 heavy (non-hydrogen) atoms. The number of carbonyl (C=O) groups excluding carboxylic acids is 1. The average Bonchev–Trinajstić information content (AvgIpc) is 2.75. The van der Waals surface area contributed by atoms with Gasteiger partial charge in [0.05, 0.1) is 17.3 Å². The van der Waals surface area contributed by atoms with E-state index >= 15 is 0 Å². The predicted molar refractivity (Wildman–Crippen MR) is 76.6 cm³/mol. The van der Waals surface area contributed by atoms with E-state index in [9.17, 15) is 13.6 Å². The second-order valence-corrected chi connectivity index (χ2v) is 5.49. The molecule has 0 bridgehead atoms. The average molecular weight is 359 g/mol. The SMILES string of the molecule is COC(=O)c1nn(-c2ccc(F)cc2F)c(C(C)C)c1Br. The van der Waals surface area contributed by atoms with Crippen LogP contribution in [0.3, 0.4) is 0 Å². The molecular formula is C14H13BrF2N2O2. The summed E-state index contributed by atoms with van der Waals surface area (Å²) in [6.45, 7) is 3.75. The van der Waals surface area contributed by atoms with Crippen molar-refractivity contribution in [2.24, 2.45) is 0 Å². The maximum atomic E-state index is 14.0. The quantitative estimate of drug-likeness (QED) is 0.783. The maximum Gasteiger partial charge on any atom is 0.359 e. The first-order valence-electron chi connectivity index (χ1n) is 6.19. The van der Waals surface area contributed by atoms with Gasteiger partial charge in [0.25, 0.3) is 0 Å². The van der Waals surface area contributed by atoms with Crippen molar-refractivity contribution in [3.8, 4) is 5.69 Å². The Hall–Kier alpha value is -1.76. The number of hydrogen-bond acceptors (Lipinski definition) is 3. The number of methoxy groups -OCH3 is 1. The summed E-state index contributed by atoms with van der Waals surface area (Å²) in [6, 6.07) is 3.18. The van der Waals surface area contributed by atoms with Gasteiger partial charge in [-0.3, -0.25) is 0 Å². The minimum Gasteiger partial charge on any atom is -0.464 e. The van der Waals surface area contributed by atoms with Crippen LogP contribution in [0.1, 0.15) is 35.9 Å².